The third-order valence-electron chi connectivity index (χ3n) is 3.62. The summed E-state index contributed by atoms with van der Waals surface area (Å²) in [6.07, 6.45) is 0.901. The highest BCUT2D eigenvalue weighted by molar-refractivity contribution is 6.33. The molecule has 102 valence electrons. The Hall–Kier alpha value is -2.00. The van der Waals surface area contributed by atoms with Crippen LogP contribution in [0.2, 0.25) is 5.02 Å². The Morgan fingerprint density at radius 2 is 1.95 bits per heavy atom. The van der Waals surface area contributed by atoms with Crippen molar-refractivity contribution in [2.45, 2.75) is 12.3 Å². The van der Waals surface area contributed by atoms with E-state index in [1.807, 2.05) is 18.2 Å². The number of benzene rings is 2. The number of halogens is 1. The number of carbonyl (C=O) groups excluding carboxylic acids is 1. The molecular formula is C16H15ClN2O. The number of carbonyl (C=O) groups is 1. The van der Waals surface area contributed by atoms with E-state index in [4.69, 9.17) is 17.3 Å². The van der Waals surface area contributed by atoms with Crippen LogP contribution in [-0.4, -0.2) is 5.91 Å². The fourth-order valence-electron chi connectivity index (χ4n) is 2.39. The third kappa shape index (κ3) is 2.63. The van der Waals surface area contributed by atoms with Crippen LogP contribution in [0.15, 0.2) is 48.5 Å². The largest absolute Gasteiger partial charge is 0.398 e. The second-order valence-corrected chi connectivity index (χ2v) is 5.49. The first kappa shape index (κ1) is 13.0. The molecule has 1 amide bonds. The molecular weight excluding hydrogens is 272 g/mol. The van der Waals surface area contributed by atoms with Crippen LogP contribution in [0.3, 0.4) is 0 Å². The third-order valence-corrected chi connectivity index (χ3v) is 3.95. The number of nitrogen functional groups attached to an aromatic ring is 1. The molecule has 1 saturated carbocycles. The molecule has 2 unspecified atom stereocenters. The van der Waals surface area contributed by atoms with E-state index in [0.717, 1.165) is 6.42 Å². The zero-order valence-electron chi connectivity index (χ0n) is 10.8. The van der Waals surface area contributed by atoms with Gasteiger partial charge in [-0.2, -0.15) is 0 Å². The Labute approximate surface area is 122 Å². The maximum Gasteiger partial charge on any atom is 0.228 e. The molecule has 1 aliphatic carbocycles. The molecule has 2 atom stereocenters. The number of nitrogens with two attached hydrogens (primary N) is 1. The van der Waals surface area contributed by atoms with Crippen LogP contribution in [0.5, 0.6) is 0 Å². The Kier molecular flexibility index (Phi) is 3.36. The predicted octanol–water partition coefficient (Wildman–Crippen LogP) is 3.66. The molecule has 3 nitrogen and oxygen atoms in total. The zero-order valence-corrected chi connectivity index (χ0v) is 11.6. The van der Waals surface area contributed by atoms with Gasteiger partial charge >= 0.3 is 0 Å². The molecule has 0 radical (unpaired) electrons. The minimum Gasteiger partial charge on any atom is -0.398 e. The van der Waals surface area contributed by atoms with Gasteiger partial charge in [-0.1, -0.05) is 41.9 Å². The molecule has 20 heavy (non-hydrogen) atoms. The van der Waals surface area contributed by atoms with Crippen molar-refractivity contribution in [2.24, 2.45) is 5.92 Å². The Bertz CT molecular complexity index is 642. The molecule has 0 aromatic heterocycles. The van der Waals surface area contributed by atoms with E-state index < -0.39 is 0 Å². The Morgan fingerprint density at radius 3 is 2.65 bits per heavy atom. The van der Waals surface area contributed by atoms with Crippen LogP contribution in [-0.2, 0) is 4.79 Å². The van der Waals surface area contributed by atoms with Gasteiger partial charge in [0.25, 0.3) is 0 Å². The minimum atomic E-state index is 0.0414. The first-order chi connectivity index (χ1) is 9.65. The normalized spacial score (nSPS) is 20.4. The molecule has 3 N–H and O–H groups in total. The van der Waals surface area contributed by atoms with Gasteiger partial charge in [0.2, 0.25) is 5.91 Å². The Balaban J connectivity index is 1.65. The molecule has 0 bridgehead atoms. The fraction of sp³-hybridized carbons (Fsp3) is 0.188. The second kappa shape index (κ2) is 5.17. The van der Waals surface area contributed by atoms with E-state index in [1.165, 1.54) is 5.56 Å². The highest BCUT2D eigenvalue weighted by Gasteiger charge is 2.43. The number of amides is 1. The summed E-state index contributed by atoms with van der Waals surface area (Å²) < 4.78 is 0. The van der Waals surface area contributed by atoms with Crippen LogP contribution < -0.4 is 11.1 Å². The lowest BCUT2D eigenvalue weighted by Gasteiger charge is -2.06. The number of anilines is 2. The summed E-state index contributed by atoms with van der Waals surface area (Å²) >= 11 is 5.94. The lowest BCUT2D eigenvalue weighted by molar-refractivity contribution is -0.117. The lowest BCUT2D eigenvalue weighted by Crippen LogP contribution is -2.14. The summed E-state index contributed by atoms with van der Waals surface area (Å²) in [7, 11) is 0. The molecule has 3 rings (SSSR count). The van der Waals surface area contributed by atoms with Crippen molar-refractivity contribution in [3.8, 4) is 0 Å². The molecule has 0 spiro atoms. The van der Waals surface area contributed by atoms with Crippen LogP contribution >= 0.6 is 11.6 Å². The standard InChI is InChI=1S/C16H15ClN2O/c17-14-8-11(6-7-15(14)18)19-16(20)13-9-12(13)10-4-2-1-3-5-10/h1-8,12-13H,9,18H2,(H,19,20). The van der Waals surface area contributed by atoms with Gasteiger partial charge < -0.3 is 11.1 Å². The predicted molar refractivity (Wildman–Crippen MR) is 81.8 cm³/mol. The first-order valence-corrected chi connectivity index (χ1v) is 6.94. The van der Waals surface area contributed by atoms with Crippen molar-refractivity contribution in [1.82, 2.24) is 0 Å². The van der Waals surface area contributed by atoms with Gasteiger partial charge in [0.1, 0.15) is 0 Å². The minimum absolute atomic E-state index is 0.0414. The average molecular weight is 287 g/mol. The van der Waals surface area contributed by atoms with E-state index in [-0.39, 0.29) is 11.8 Å². The van der Waals surface area contributed by atoms with E-state index in [2.05, 4.69) is 17.4 Å². The quantitative estimate of drug-likeness (QED) is 0.846. The van der Waals surface area contributed by atoms with Gasteiger partial charge in [0.05, 0.1) is 10.7 Å². The summed E-state index contributed by atoms with van der Waals surface area (Å²) in [5, 5.41) is 3.35. The van der Waals surface area contributed by atoms with E-state index >= 15 is 0 Å². The van der Waals surface area contributed by atoms with Crippen molar-refractivity contribution in [3.63, 3.8) is 0 Å². The summed E-state index contributed by atoms with van der Waals surface area (Å²) in [5.74, 6) is 0.425. The van der Waals surface area contributed by atoms with E-state index in [1.54, 1.807) is 18.2 Å². The maximum atomic E-state index is 12.2. The van der Waals surface area contributed by atoms with Crippen molar-refractivity contribution in [1.29, 1.82) is 0 Å². The number of nitrogens with one attached hydrogen (secondary N) is 1. The number of hydrogen-bond donors (Lipinski definition) is 2. The molecule has 2 aromatic rings. The number of hydrogen-bond acceptors (Lipinski definition) is 2. The van der Waals surface area contributed by atoms with Crippen LogP contribution in [0.25, 0.3) is 0 Å². The van der Waals surface area contributed by atoms with Gasteiger partial charge in [0.15, 0.2) is 0 Å². The molecule has 0 aliphatic heterocycles. The smallest absolute Gasteiger partial charge is 0.228 e. The second-order valence-electron chi connectivity index (χ2n) is 5.08. The van der Waals surface area contributed by atoms with E-state index in [9.17, 15) is 4.79 Å². The molecule has 1 fully saturated rings. The maximum absolute atomic E-state index is 12.2. The molecule has 0 saturated heterocycles. The average Bonchev–Trinajstić information content (AvgIpc) is 3.24. The van der Waals surface area contributed by atoms with Crippen molar-refractivity contribution < 1.29 is 4.79 Å². The van der Waals surface area contributed by atoms with Gasteiger partial charge in [-0.3, -0.25) is 4.79 Å². The van der Waals surface area contributed by atoms with Crippen LogP contribution in [0, 0.1) is 5.92 Å². The summed E-state index contributed by atoms with van der Waals surface area (Å²) in [4.78, 5) is 12.2. The Morgan fingerprint density at radius 1 is 1.20 bits per heavy atom. The fourth-order valence-corrected chi connectivity index (χ4v) is 2.57. The number of rotatable bonds is 3. The van der Waals surface area contributed by atoms with Crippen molar-refractivity contribution >= 4 is 28.9 Å². The van der Waals surface area contributed by atoms with Crippen molar-refractivity contribution in [3.05, 3.63) is 59.1 Å². The lowest BCUT2D eigenvalue weighted by atomic mass is 10.1. The van der Waals surface area contributed by atoms with Gasteiger partial charge in [0, 0.05) is 11.6 Å². The molecule has 0 heterocycles. The first-order valence-electron chi connectivity index (χ1n) is 6.56. The summed E-state index contributed by atoms with van der Waals surface area (Å²) in [5.41, 5.74) is 8.07. The molecule has 2 aromatic carbocycles. The van der Waals surface area contributed by atoms with E-state index in [0.29, 0.717) is 22.3 Å². The summed E-state index contributed by atoms with van der Waals surface area (Å²) in [6.45, 7) is 0. The molecule has 1 aliphatic rings. The monoisotopic (exact) mass is 286 g/mol. The van der Waals surface area contributed by atoms with Gasteiger partial charge in [-0.25, -0.2) is 0 Å². The SMILES string of the molecule is Nc1ccc(NC(=O)C2CC2c2ccccc2)cc1Cl. The van der Waals surface area contributed by atoms with Gasteiger partial charge in [-0.05, 0) is 36.1 Å². The molecule has 4 heteroatoms. The highest BCUT2D eigenvalue weighted by atomic mass is 35.5. The zero-order chi connectivity index (χ0) is 14.1. The topological polar surface area (TPSA) is 55.1 Å². The highest BCUT2D eigenvalue weighted by Crippen LogP contribution is 2.47. The van der Waals surface area contributed by atoms with Crippen molar-refractivity contribution in [2.75, 3.05) is 11.1 Å². The van der Waals surface area contributed by atoms with Crippen LogP contribution in [0.1, 0.15) is 17.9 Å². The van der Waals surface area contributed by atoms with Crippen LogP contribution in [0.4, 0.5) is 11.4 Å². The van der Waals surface area contributed by atoms with Gasteiger partial charge in [-0.15, -0.1) is 0 Å². The summed E-state index contributed by atoms with van der Waals surface area (Å²) in [6, 6.07) is 15.3.